The Morgan fingerprint density at radius 2 is 1.80 bits per heavy atom. The molecule has 1 N–H and O–H groups in total. The summed E-state index contributed by atoms with van der Waals surface area (Å²) >= 11 is 6.37. The summed E-state index contributed by atoms with van der Waals surface area (Å²) in [6.45, 7) is 3.78. The van der Waals surface area contributed by atoms with Crippen LogP contribution >= 0.6 is 11.6 Å². The number of benzene rings is 2. The summed E-state index contributed by atoms with van der Waals surface area (Å²) in [5, 5.41) is 10.9. The molecule has 2 atom stereocenters. The molecule has 0 radical (unpaired) electrons. The highest BCUT2D eigenvalue weighted by Gasteiger charge is 2.46. The lowest BCUT2D eigenvalue weighted by atomic mass is 9.96. The van der Waals surface area contributed by atoms with Crippen LogP contribution in [0.25, 0.3) is 11.4 Å². The normalized spacial score (nSPS) is 14.7. The maximum Gasteiger partial charge on any atom is 0.279 e. The predicted molar refractivity (Wildman–Crippen MR) is 182 cm³/mol. The van der Waals surface area contributed by atoms with Crippen LogP contribution in [0.4, 0.5) is 16.0 Å². The highest BCUT2D eigenvalue weighted by Crippen LogP contribution is 2.45. The number of Topliss-reactive ketones (excluding diaryl/α,β-unsaturated/α-hetero) is 1. The topological polar surface area (TPSA) is 136 Å². The van der Waals surface area contributed by atoms with Gasteiger partial charge in [-0.15, -0.1) is 0 Å². The van der Waals surface area contributed by atoms with Crippen molar-refractivity contribution >= 4 is 34.9 Å². The summed E-state index contributed by atoms with van der Waals surface area (Å²) in [7, 11) is 6.55. The third kappa shape index (κ3) is 5.74. The number of aryl methyl sites for hydroxylation is 1. The first-order chi connectivity index (χ1) is 23.3. The Morgan fingerprint density at radius 3 is 2.43 bits per heavy atom. The van der Waals surface area contributed by atoms with Gasteiger partial charge in [0.25, 0.3) is 11.5 Å². The molecule has 1 aliphatic rings. The molecule has 0 spiro atoms. The van der Waals surface area contributed by atoms with E-state index >= 15 is 4.39 Å². The molecule has 49 heavy (non-hydrogen) atoms. The van der Waals surface area contributed by atoms with Crippen LogP contribution in [0.5, 0.6) is 5.88 Å². The molecule has 4 heterocycles. The molecule has 2 unspecified atom stereocenters. The molecule has 5 aromatic rings. The number of hydrogen-bond acceptors (Lipinski definition) is 9. The van der Waals surface area contributed by atoms with Crippen LogP contribution in [0.3, 0.4) is 0 Å². The molecule has 0 saturated carbocycles. The van der Waals surface area contributed by atoms with Gasteiger partial charge in [-0.25, -0.2) is 14.4 Å². The lowest BCUT2D eigenvalue weighted by Gasteiger charge is -2.28. The summed E-state index contributed by atoms with van der Waals surface area (Å²) in [6.07, 6.45) is 1.38. The van der Waals surface area contributed by atoms with Gasteiger partial charge in [-0.3, -0.25) is 19.3 Å². The van der Waals surface area contributed by atoms with Crippen molar-refractivity contribution in [1.82, 2.24) is 24.1 Å². The average molecular weight is 686 g/mol. The number of pyridine rings is 1. The number of carbonyl (C=O) groups is 2. The van der Waals surface area contributed by atoms with Gasteiger partial charge < -0.3 is 23.9 Å². The number of aliphatic hydroxyl groups excluding tert-OH is 1. The molecule has 12 nitrogen and oxygen atoms in total. The van der Waals surface area contributed by atoms with Gasteiger partial charge in [0, 0.05) is 39.6 Å². The van der Waals surface area contributed by atoms with E-state index < -0.39 is 35.2 Å². The minimum atomic E-state index is -1.59. The molecule has 14 heteroatoms. The Labute approximate surface area is 286 Å². The number of imidazole rings is 1. The van der Waals surface area contributed by atoms with E-state index in [0.29, 0.717) is 28.6 Å². The van der Waals surface area contributed by atoms with Crippen molar-refractivity contribution < 1.29 is 23.8 Å². The van der Waals surface area contributed by atoms with Crippen molar-refractivity contribution in [2.45, 2.75) is 32.0 Å². The molecule has 1 aliphatic heterocycles. The maximum atomic E-state index is 16.0. The van der Waals surface area contributed by atoms with Crippen LogP contribution in [0, 0.1) is 5.82 Å². The fraction of sp³-hybridized carbons (Fsp3) is 0.257. The van der Waals surface area contributed by atoms with Crippen molar-refractivity contribution in [1.29, 1.82) is 0 Å². The van der Waals surface area contributed by atoms with E-state index in [9.17, 15) is 19.5 Å². The molecule has 6 rings (SSSR count). The molecule has 0 saturated heterocycles. The number of rotatable bonds is 9. The Kier molecular flexibility index (Phi) is 8.82. The van der Waals surface area contributed by atoms with E-state index in [-0.39, 0.29) is 39.5 Å². The number of carbonyl (C=O) groups excluding carboxylic acids is 2. The summed E-state index contributed by atoms with van der Waals surface area (Å²) in [5.74, 6) is -1.42. The minimum Gasteiger partial charge on any atom is -0.480 e. The Balaban J connectivity index is 1.56. The fourth-order valence-corrected chi connectivity index (χ4v) is 6.28. The van der Waals surface area contributed by atoms with Gasteiger partial charge in [0.05, 0.1) is 29.0 Å². The molecule has 1 amide bonds. The van der Waals surface area contributed by atoms with Gasteiger partial charge in [-0.2, -0.15) is 4.98 Å². The van der Waals surface area contributed by atoms with E-state index in [2.05, 4.69) is 9.97 Å². The van der Waals surface area contributed by atoms with Crippen molar-refractivity contribution in [2.24, 2.45) is 7.05 Å². The van der Waals surface area contributed by atoms with Crippen molar-refractivity contribution in [3.05, 3.63) is 116 Å². The number of hydrogen-bond donors (Lipinski definition) is 1. The standard InChI is InChI=1S/C35H33ClFN7O5/c1-18(2)43-28-26(39-31(43)23-16-38-35(41(3)4)40-32(23)49-6)34(48)44(25-15-21(36)17-42(5)33(25)47)27(28)20-12-13-22(24(37)14-20)30(46)29(45)19-10-8-7-9-11-19/h7-18,27,29,45H,1-6H3. The first-order valence-electron chi connectivity index (χ1n) is 15.3. The highest BCUT2D eigenvalue weighted by molar-refractivity contribution is 6.30. The van der Waals surface area contributed by atoms with Crippen LogP contribution in [0.2, 0.25) is 5.02 Å². The number of fused-ring (bicyclic) bond motifs is 1. The summed E-state index contributed by atoms with van der Waals surface area (Å²) in [5.41, 5.74) is 0.472. The van der Waals surface area contributed by atoms with Gasteiger partial charge in [0.2, 0.25) is 11.8 Å². The first-order valence-corrected chi connectivity index (χ1v) is 15.7. The highest BCUT2D eigenvalue weighted by atomic mass is 35.5. The van der Waals surface area contributed by atoms with Gasteiger partial charge in [0.1, 0.15) is 29.5 Å². The largest absolute Gasteiger partial charge is 0.480 e. The van der Waals surface area contributed by atoms with Crippen molar-refractivity contribution in [2.75, 3.05) is 31.0 Å². The minimum absolute atomic E-state index is 0.0227. The predicted octanol–water partition coefficient (Wildman–Crippen LogP) is 5.15. The van der Waals surface area contributed by atoms with Crippen LogP contribution in [0.1, 0.15) is 69.7 Å². The molecular formula is C35H33ClFN7O5. The Hall–Kier alpha value is -5.40. The first kappa shape index (κ1) is 33.5. The van der Waals surface area contributed by atoms with Crippen LogP contribution in [-0.4, -0.2) is 62.1 Å². The third-order valence-electron chi connectivity index (χ3n) is 8.31. The monoisotopic (exact) mass is 685 g/mol. The van der Waals surface area contributed by atoms with Gasteiger partial charge in [-0.05, 0) is 43.2 Å². The summed E-state index contributed by atoms with van der Waals surface area (Å²) in [6, 6.07) is 12.1. The Bertz CT molecular complexity index is 2170. The van der Waals surface area contributed by atoms with E-state index in [1.807, 2.05) is 13.8 Å². The van der Waals surface area contributed by atoms with E-state index in [4.69, 9.17) is 21.3 Å². The number of aromatic nitrogens is 5. The number of halogens is 2. The number of amides is 1. The molecule has 2 aromatic carbocycles. The quantitative estimate of drug-likeness (QED) is 0.209. The second kappa shape index (κ2) is 12.9. The second-order valence-corrected chi connectivity index (χ2v) is 12.5. The molecule has 252 valence electrons. The zero-order valence-electron chi connectivity index (χ0n) is 27.5. The van der Waals surface area contributed by atoms with Crippen LogP contribution in [-0.2, 0) is 7.05 Å². The lowest BCUT2D eigenvalue weighted by Crippen LogP contribution is -2.36. The SMILES string of the molecule is COc1nc(N(C)C)ncc1-c1nc2c(n1C(C)C)C(c1ccc(C(=O)C(O)c3ccccc3)c(F)c1)N(c1cc(Cl)cn(C)c1=O)C2=O. The molecule has 0 aliphatic carbocycles. The lowest BCUT2D eigenvalue weighted by molar-refractivity contribution is 0.0743. The summed E-state index contributed by atoms with van der Waals surface area (Å²) in [4.78, 5) is 57.8. The van der Waals surface area contributed by atoms with Crippen LogP contribution in [0.15, 0.2) is 71.8 Å². The number of ketones is 1. The third-order valence-corrected chi connectivity index (χ3v) is 8.51. The Morgan fingerprint density at radius 1 is 1.08 bits per heavy atom. The number of nitrogens with zero attached hydrogens (tertiary/aromatic N) is 7. The van der Waals surface area contributed by atoms with Gasteiger partial charge in [0.15, 0.2) is 11.5 Å². The number of anilines is 2. The zero-order chi connectivity index (χ0) is 35.3. The molecule has 0 fully saturated rings. The summed E-state index contributed by atoms with van der Waals surface area (Å²) < 4.78 is 24.7. The van der Waals surface area contributed by atoms with Crippen molar-refractivity contribution in [3.63, 3.8) is 0 Å². The van der Waals surface area contributed by atoms with Gasteiger partial charge in [-0.1, -0.05) is 48.0 Å². The molecular weight excluding hydrogens is 653 g/mol. The van der Waals surface area contributed by atoms with Crippen LogP contribution < -0.4 is 20.1 Å². The maximum absolute atomic E-state index is 16.0. The van der Waals surface area contributed by atoms with Crippen molar-refractivity contribution in [3.8, 4) is 17.3 Å². The number of aliphatic hydroxyl groups is 1. The van der Waals surface area contributed by atoms with Gasteiger partial charge >= 0.3 is 0 Å². The molecule has 3 aromatic heterocycles. The fourth-order valence-electron chi connectivity index (χ4n) is 6.03. The number of ether oxygens (including phenoxy) is 1. The second-order valence-electron chi connectivity index (χ2n) is 12.1. The number of methoxy groups -OCH3 is 1. The van der Waals surface area contributed by atoms with E-state index in [1.54, 1.807) is 60.1 Å². The average Bonchev–Trinajstić information content (AvgIpc) is 3.60. The molecule has 0 bridgehead atoms. The van der Waals surface area contributed by atoms with E-state index in [0.717, 1.165) is 6.07 Å². The zero-order valence-corrected chi connectivity index (χ0v) is 28.3. The smallest absolute Gasteiger partial charge is 0.279 e. The van der Waals surface area contributed by atoms with E-state index in [1.165, 1.54) is 48.0 Å².